The lowest BCUT2D eigenvalue weighted by Gasteiger charge is -2.40. The number of ether oxygens (including phenoxy) is 1. The number of hydrazone groups is 1. The molecule has 3 aromatic heterocycles. The summed E-state index contributed by atoms with van der Waals surface area (Å²) in [6.45, 7) is 4.17. The second-order valence-electron chi connectivity index (χ2n) is 8.02. The van der Waals surface area contributed by atoms with Crippen molar-refractivity contribution in [3.8, 4) is 17.3 Å². The van der Waals surface area contributed by atoms with Crippen molar-refractivity contribution in [3.63, 3.8) is 0 Å². The number of thiazole rings is 1. The summed E-state index contributed by atoms with van der Waals surface area (Å²) in [6, 6.07) is 0.256. The van der Waals surface area contributed by atoms with Crippen LogP contribution in [0.4, 0.5) is 13.6 Å². The van der Waals surface area contributed by atoms with Crippen LogP contribution in [-0.4, -0.2) is 61.1 Å². The Kier molecular flexibility index (Phi) is 5.31. The largest absolute Gasteiger partial charge is 0.468 e. The molecule has 12 heteroatoms. The Balaban J connectivity index is 1.26. The molecule has 5 heterocycles. The van der Waals surface area contributed by atoms with Crippen LogP contribution in [0.3, 0.4) is 0 Å². The average molecular weight is 474 g/mol. The lowest BCUT2D eigenvalue weighted by molar-refractivity contribution is 0.0229. The van der Waals surface area contributed by atoms with E-state index >= 15 is 0 Å². The van der Waals surface area contributed by atoms with E-state index in [0.29, 0.717) is 17.7 Å². The van der Waals surface area contributed by atoms with E-state index in [2.05, 4.69) is 20.2 Å². The van der Waals surface area contributed by atoms with Gasteiger partial charge in [-0.3, -0.25) is 4.68 Å². The Morgan fingerprint density at radius 2 is 2.00 bits per heavy atom. The van der Waals surface area contributed by atoms with Gasteiger partial charge in [0.15, 0.2) is 11.6 Å². The Morgan fingerprint density at radius 3 is 2.67 bits per heavy atom. The molecule has 0 aliphatic carbocycles. The number of nitrogens with zero attached hydrogens (tertiary/aromatic N) is 7. The molecule has 1 atom stereocenters. The summed E-state index contributed by atoms with van der Waals surface area (Å²) in [5.74, 6) is -2.00. The van der Waals surface area contributed by atoms with Gasteiger partial charge in [-0.05, 0) is 19.4 Å². The quantitative estimate of drug-likeness (QED) is 0.579. The number of hydrogen-bond acceptors (Lipinski definition) is 7. The number of carbonyl (C=O) groups excluding carboxylic acids is 1. The molecule has 0 aromatic carbocycles. The molecular weight excluding hydrogens is 452 g/mol. The third kappa shape index (κ3) is 3.84. The molecule has 0 saturated carbocycles. The van der Waals surface area contributed by atoms with Crippen LogP contribution in [0, 0.1) is 25.5 Å². The summed E-state index contributed by atoms with van der Waals surface area (Å²) in [6.07, 6.45) is 3.42. The van der Waals surface area contributed by atoms with Crippen molar-refractivity contribution in [1.82, 2.24) is 29.7 Å². The minimum absolute atomic E-state index is 0.0380. The summed E-state index contributed by atoms with van der Waals surface area (Å²) in [4.78, 5) is 23.0. The Morgan fingerprint density at radius 1 is 1.21 bits per heavy atom. The minimum Gasteiger partial charge on any atom is -0.468 e. The van der Waals surface area contributed by atoms with E-state index in [4.69, 9.17) is 4.74 Å². The second-order valence-corrected chi connectivity index (χ2v) is 9.08. The lowest BCUT2D eigenvalue weighted by Crippen LogP contribution is -2.59. The highest BCUT2D eigenvalue weighted by molar-refractivity contribution is 7.09. The first-order chi connectivity index (χ1) is 15.8. The zero-order chi connectivity index (χ0) is 23.3. The molecule has 172 valence electrons. The molecule has 0 N–H and O–H groups in total. The molecule has 1 unspecified atom stereocenters. The van der Waals surface area contributed by atoms with Gasteiger partial charge in [0.1, 0.15) is 17.8 Å². The van der Waals surface area contributed by atoms with Crippen molar-refractivity contribution in [2.75, 3.05) is 13.1 Å². The van der Waals surface area contributed by atoms with E-state index in [1.165, 1.54) is 21.0 Å². The maximum Gasteiger partial charge on any atom is 0.341 e. The Hall–Kier alpha value is -3.41. The first-order valence-corrected chi connectivity index (χ1v) is 11.2. The standard InChI is InChI=1S/C21H21F2N7O2S/c1-11-7-25-28(3)19(11)18-14(22)6-15(23)20(27-18)32-13-8-29(9-13)21(31)30-17(4-5-24-30)16-10-33-12(2)26-16/h5-7,10,13,17H,4,8-9H2,1-3H3. The molecule has 3 aromatic rings. The number of halogens is 2. The SMILES string of the molecule is Cc1nc(C2CC=NN2C(=O)N2CC(Oc3nc(-c4c(C)cnn4C)c(F)cc3F)C2)cs1. The Bertz CT molecular complexity index is 1230. The smallest absolute Gasteiger partial charge is 0.341 e. The van der Waals surface area contributed by atoms with Gasteiger partial charge < -0.3 is 9.64 Å². The molecule has 2 amide bonds. The van der Waals surface area contributed by atoms with Crippen molar-refractivity contribution in [2.24, 2.45) is 12.1 Å². The normalized spacial score (nSPS) is 18.2. The van der Waals surface area contributed by atoms with Crippen LogP contribution < -0.4 is 4.74 Å². The number of aromatic nitrogens is 4. The van der Waals surface area contributed by atoms with Crippen molar-refractivity contribution in [3.05, 3.63) is 45.5 Å². The summed E-state index contributed by atoms with van der Waals surface area (Å²) in [5, 5.41) is 12.6. The van der Waals surface area contributed by atoms with Crippen molar-refractivity contribution in [2.45, 2.75) is 32.4 Å². The van der Waals surface area contributed by atoms with Gasteiger partial charge in [-0.1, -0.05) is 0 Å². The number of amides is 2. The number of rotatable bonds is 4. The van der Waals surface area contributed by atoms with Gasteiger partial charge in [0.05, 0.1) is 35.7 Å². The van der Waals surface area contributed by atoms with Crippen LogP contribution in [0.5, 0.6) is 5.88 Å². The summed E-state index contributed by atoms with van der Waals surface area (Å²) in [7, 11) is 1.66. The maximum atomic E-state index is 14.4. The minimum atomic E-state index is -0.899. The number of hydrogen-bond donors (Lipinski definition) is 0. The number of pyridine rings is 1. The summed E-state index contributed by atoms with van der Waals surface area (Å²) in [5.41, 5.74) is 1.92. The Labute approximate surface area is 192 Å². The van der Waals surface area contributed by atoms with Crippen molar-refractivity contribution in [1.29, 1.82) is 0 Å². The molecule has 5 rings (SSSR count). The van der Waals surface area contributed by atoms with E-state index in [1.807, 2.05) is 12.3 Å². The van der Waals surface area contributed by atoms with Gasteiger partial charge in [0, 0.05) is 31.1 Å². The average Bonchev–Trinajstić information content (AvgIpc) is 3.46. The van der Waals surface area contributed by atoms with Crippen LogP contribution in [0.25, 0.3) is 11.4 Å². The predicted molar refractivity (Wildman–Crippen MR) is 117 cm³/mol. The zero-order valence-corrected chi connectivity index (χ0v) is 19.0. The van der Waals surface area contributed by atoms with E-state index in [9.17, 15) is 13.6 Å². The number of urea groups is 1. The van der Waals surface area contributed by atoms with E-state index < -0.39 is 17.7 Å². The van der Waals surface area contributed by atoms with Gasteiger partial charge in [-0.15, -0.1) is 11.3 Å². The van der Waals surface area contributed by atoms with Crippen molar-refractivity contribution >= 4 is 23.6 Å². The molecule has 2 aliphatic rings. The van der Waals surface area contributed by atoms with Crippen LogP contribution in [0.15, 0.2) is 22.7 Å². The number of carbonyl (C=O) groups is 1. The second kappa shape index (κ2) is 8.18. The first kappa shape index (κ1) is 21.4. The van der Waals surface area contributed by atoms with Gasteiger partial charge in [0.2, 0.25) is 0 Å². The van der Waals surface area contributed by atoms with Gasteiger partial charge in [-0.2, -0.15) is 10.2 Å². The van der Waals surface area contributed by atoms with Gasteiger partial charge in [-0.25, -0.2) is 28.6 Å². The fourth-order valence-corrected chi connectivity index (χ4v) is 4.59. The van der Waals surface area contributed by atoms with Gasteiger partial charge >= 0.3 is 6.03 Å². The molecule has 1 saturated heterocycles. The van der Waals surface area contributed by atoms with Gasteiger partial charge in [0.25, 0.3) is 5.88 Å². The number of aryl methyl sites for hydroxylation is 3. The topological polar surface area (TPSA) is 88.7 Å². The maximum absolute atomic E-state index is 14.4. The fraction of sp³-hybridized carbons (Fsp3) is 0.381. The molecule has 2 aliphatic heterocycles. The molecule has 0 spiro atoms. The zero-order valence-electron chi connectivity index (χ0n) is 18.2. The molecular formula is C21H21F2N7O2S. The van der Waals surface area contributed by atoms with Crippen LogP contribution >= 0.6 is 11.3 Å². The highest BCUT2D eigenvalue weighted by Gasteiger charge is 2.40. The van der Waals surface area contributed by atoms with Crippen LogP contribution in [0.1, 0.15) is 28.7 Å². The highest BCUT2D eigenvalue weighted by Crippen LogP contribution is 2.32. The monoisotopic (exact) mass is 473 g/mol. The van der Waals surface area contributed by atoms with Crippen molar-refractivity contribution < 1.29 is 18.3 Å². The third-order valence-electron chi connectivity index (χ3n) is 5.64. The highest BCUT2D eigenvalue weighted by atomic mass is 32.1. The predicted octanol–water partition coefficient (Wildman–Crippen LogP) is 3.45. The van der Waals surface area contributed by atoms with Crippen LogP contribution in [0.2, 0.25) is 0 Å². The number of likely N-dealkylation sites (tertiary alicyclic amines) is 1. The summed E-state index contributed by atoms with van der Waals surface area (Å²) >= 11 is 1.53. The molecule has 33 heavy (non-hydrogen) atoms. The van der Waals surface area contributed by atoms with E-state index in [0.717, 1.165) is 16.8 Å². The first-order valence-electron chi connectivity index (χ1n) is 10.4. The third-order valence-corrected chi connectivity index (χ3v) is 6.44. The summed E-state index contributed by atoms with van der Waals surface area (Å²) < 4.78 is 35.9. The lowest BCUT2D eigenvalue weighted by atomic mass is 10.1. The molecule has 9 nitrogen and oxygen atoms in total. The van der Waals surface area contributed by atoms with Crippen LogP contribution in [-0.2, 0) is 7.05 Å². The molecule has 0 bridgehead atoms. The molecule has 1 fully saturated rings. The molecule has 0 radical (unpaired) electrons. The van der Waals surface area contributed by atoms with E-state index in [-0.39, 0.29) is 36.7 Å². The fourth-order valence-electron chi connectivity index (χ4n) is 3.93. The van der Waals surface area contributed by atoms with E-state index in [1.54, 1.807) is 31.3 Å².